The highest BCUT2D eigenvalue weighted by atomic mass is 16.1. The van der Waals surface area contributed by atoms with Gasteiger partial charge in [-0.25, -0.2) is 0 Å². The highest BCUT2D eigenvalue weighted by molar-refractivity contribution is 5.92. The SMILES string of the molecule is CCCC/C(C(N)=O)=C(\CCC)C(N)CC. The van der Waals surface area contributed by atoms with Crippen LogP contribution in [0, 0.1) is 0 Å². The molecule has 3 nitrogen and oxygen atoms in total. The minimum atomic E-state index is -0.291. The van der Waals surface area contributed by atoms with E-state index >= 15 is 0 Å². The van der Waals surface area contributed by atoms with E-state index in [9.17, 15) is 4.79 Å². The Labute approximate surface area is 99.3 Å². The van der Waals surface area contributed by atoms with E-state index in [0.717, 1.165) is 49.7 Å². The van der Waals surface area contributed by atoms with Gasteiger partial charge in [0.2, 0.25) is 5.91 Å². The van der Waals surface area contributed by atoms with Crippen LogP contribution in [0.4, 0.5) is 0 Å². The number of carbonyl (C=O) groups is 1. The molecule has 0 aliphatic heterocycles. The normalized spacial score (nSPS) is 14.5. The van der Waals surface area contributed by atoms with Crippen molar-refractivity contribution in [2.75, 3.05) is 0 Å². The second-order valence-corrected chi connectivity index (χ2v) is 4.24. The third-order valence-corrected chi connectivity index (χ3v) is 2.87. The zero-order valence-electron chi connectivity index (χ0n) is 10.9. The van der Waals surface area contributed by atoms with Gasteiger partial charge in [0, 0.05) is 11.6 Å². The number of primary amides is 1. The molecule has 0 saturated carbocycles. The molecular formula is C13H26N2O. The van der Waals surface area contributed by atoms with Crippen molar-refractivity contribution in [3.05, 3.63) is 11.1 Å². The van der Waals surface area contributed by atoms with Crippen LogP contribution < -0.4 is 11.5 Å². The Morgan fingerprint density at radius 1 is 1.12 bits per heavy atom. The first-order valence-electron chi connectivity index (χ1n) is 6.35. The van der Waals surface area contributed by atoms with Gasteiger partial charge in [0.25, 0.3) is 0 Å². The molecule has 0 aromatic carbocycles. The number of amides is 1. The minimum absolute atomic E-state index is 0.0145. The molecule has 0 aromatic heterocycles. The Balaban J connectivity index is 5.00. The van der Waals surface area contributed by atoms with Crippen LogP contribution >= 0.6 is 0 Å². The number of rotatable bonds is 8. The Morgan fingerprint density at radius 3 is 2.12 bits per heavy atom. The fourth-order valence-electron chi connectivity index (χ4n) is 1.87. The zero-order valence-corrected chi connectivity index (χ0v) is 10.9. The standard InChI is InChI=1S/C13H26N2O/c1-4-7-9-11(13(15)16)10(8-5-2)12(14)6-3/h12H,4-9,14H2,1-3H3,(H2,15,16)/b11-10-. The van der Waals surface area contributed by atoms with E-state index in [1.807, 2.05) is 6.92 Å². The first-order valence-corrected chi connectivity index (χ1v) is 6.35. The largest absolute Gasteiger partial charge is 0.366 e. The van der Waals surface area contributed by atoms with Crippen LogP contribution in [-0.4, -0.2) is 11.9 Å². The maximum atomic E-state index is 11.5. The van der Waals surface area contributed by atoms with Crippen LogP contribution in [0.15, 0.2) is 11.1 Å². The van der Waals surface area contributed by atoms with E-state index in [0.29, 0.717) is 0 Å². The molecule has 0 radical (unpaired) electrons. The number of unbranched alkanes of at least 4 members (excludes halogenated alkanes) is 1. The van der Waals surface area contributed by atoms with E-state index < -0.39 is 0 Å². The molecular weight excluding hydrogens is 200 g/mol. The molecule has 1 amide bonds. The lowest BCUT2D eigenvalue weighted by Gasteiger charge is -2.18. The van der Waals surface area contributed by atoms with Gasteiger partial charge in [-0.3, -0.25) is 4.79 Å². The first kappa shape index (κ1) is 15.2. The van der Waals surface area contributed by atoms with Crippen molar-refractivity contribution < 1.29 is 4.79 Å². The summed E-state index contributed by atoms with van der Waals surface area (Å²) in [5.74, 6) is -0.291. The average Bonchev–Trinajstić information content (AvgIpc) is 2.26. The zero-order chi connectivity index (χ0) is 12.6. The van der Waals surface area contributed by atoms with Gasteiger partial charge in [-0.1, -0.05) is 33.6 Å². The summed E-state index contributed by atoms with van der Waals surface area (Å²) in [5, 5.41) is 0. The van der Waals surface area contributed by atoms with Crippen LogP contribution in [0.25, 0.3) is 0 Å². The molecule has 16 heavy (non-hydrogen) atoms. The van der Waals surface area contributed by atoms with Crippen LogP contribution in [0.5, 0.6) is 0 Å². The number of hydrogen-bond acceptors (Lipinski definition) is 2. The summed E-state index contributed by atoms with van der Waals surface area (Å²) in [4.78, 5) is 11.5. The van der Waals surface area contributed by atoms with Crippen molar-refractivity contribution in [2.24, 2.45) is 11.5 Å². The van der Waals surface area contributed by atoms with Crippen LogP contribution in [0.2, 0.25) is 0 Å². The van der Waals surface area contributed by atoms with Crippen molar-refractivity contribution in [1.82, 2.24) is 0 Å². The monoisotopic (exact) mass is 226 g/mol. The maximum absolute atomic E-state index is 11.5. The molecule has 0 spiro atoms. The summed E-state index contributed by atoms with van der Waals surface area (Å²) in [5.41, 5.74) is 13.3. The topological polar surface area (TPSA) is 69.1 Å². The Morgan fingerprint density at radius 2 is 1.75 bits per heavy atom. The highest BCUT2D eigenvalue weighted by Crippen LogP contribution is 2.20. The molecule has 4 N–H and O–H groups in total. The Hall–Kier alpha value is -0.830. The Bertz CT molecular complexity index is 246. The van der Waals surface area contributed by atoms with Gasteiger partial charge < -0.3 is 11.5 Å². The van der Waals surface area contributed by atoms with Crippen molar-refractivity contribution in [3.8, 4) is 0 Å². The smallest absolute Gasteiger partial charge is 0.244 e. The summed E-state index contributed by atoms with van der Waals surface area (Å²) in [6.45, 7) is 6.25. The molecule has 0 aliphatic rings. The third kappa shape index (κ3) is 4.79. The molecule has 3 heteroatoms. The Kier molecular flexibility index (Phi) is 7.90. The van der Waals surface area contributed by atoms with Gasteiger partial charge in [-0.2, -0.15) is 0 Å². The molecule has 0 fully saturated rings. The molecule has 1 unspecified atom stereocenters. The lowest BCUT2D eigenvalue weighted by Crippen LogP contribution is -2.27. The molecule has 0 saturated heterocycles. The molecule has 0 aromatic rings. The maximum Gasteiger partial charge on any atom is 0.244 e. The van der Waals surface area contributed by atoms with Crippen molar-refractivity contribution in [3.63, 3.8) is 0 Å². The van der Waals surface area contributed by atoms with Crippen molar-refractivity contribution in [1.29, 1.82) is 0 Å². The summed E-state index contributed by atoms with van der Waals surface area (Å²) in [6.07, 6.45) is 5.59. The van der Waals surface area contributed by atoms with E-state index in [-0.39, 0.29) is 11.9 Å². The number of hydrogen-bond donors (Lipinski definition) is 2. The summed E-state index contributed by atoms with van der Waals surface area (Å²) < 4.78 is 0. The molecule has 0 heterocycles. The van der Waals surface area contributed by atoms with Crippen molar-refractivity contribution >= 4 is 5.91 Å². The number of carbonyl (C=O) groups excluding carboxylic acids is 1. The summed E-state index contributed by atoms with van der Waals surface area (Å²) in [7, 11) is 0. The molecule has 0 bridgehead atoms. The van der Waals surface area contributed by atoms with Gasteiger partial charge in [0.05, 0.1) is 0 Å². The first-order chi connectivity index (χ1) is 7.58. The van der Waals surface area contributed by atoms with Gasteiger partial charge in [-0.15, -0.1) is 0 Å². The van der Waals surface area contributed by atoms with Crippen LogP contribution in [0.3, 0.4) is 0 Å². The van der Waals surface area contributed by atoms with Gasteiger partial charge >= 0.3 is 0 Å². The lowest BCUT2D eigenvalue weighted by molar-refractivity contribution is -0.114. The van der Waals surface area contributed by atoms with E-state index in [1.165, 1.54) is 0 Å². The quantitative estimate of drug-likeness (QED) is 0.624. The van der Waals surface area contributed by atoms with E-state index in [4.69, 9.17) is 11.5 Å². The third-order valence-electron chi connectivity index (χ3n) is 2.87. The van der Waals surface area contributed by atoms with Crippen molar-refractivity contribution in [2.45, 2.75) is 65.3 Å². The lowest BCUT2D eigenvalue weighted by atomic mass is 9.92. The van der Waals surface area contributed by atoms with Gasteiger partial charge in [0.15, 0.2) is 0 Å². The predicted molar refractivity (Wildman–Crippen MR) is 68.9 cm³/mol. The van der Waals surface area contributed by atoms with Crippen LogP contribution in [-0.2, 0) is 4.79 Å². The summed E-state index contributed by atoms with van der Waals surface area (Å²) >= 11 is 0. The molecule has 94 valence electrons. The second-order valence-electron chi connectivity index (χ2n) is 4.24. The molecule has 1 atom stereocenters. The fraction of sp³-hybridized carbons (Fsp3) is 0.769. The van der Waals surface area contributed by atoms with Gasteiger partial charge in [-0.05, 0) is 31.3 Å². The number of nitrogens with two attached hydrogens (primary N) is 2. The average molecular weight is 226 g/mol. The van der Waals surface area contributed by atoms with Gasteiger partial charge in [0.1, 0.15) is 0 Å². The summed E-state index contributed by atoms with van der Waals surface area (Å²) in [6, 6.07) is -0.0145. The van der Waals surface area contributed by atoms with Crippen LogP contribution in [0.1, 0.15) is 59.3 Å². The second kappa shape index (κ2) is 8.34. The van der Waals surface area contributed by atoms with E-state index in [2.05, 4.69) is 13.8 Å². The molecule has 0 rings (SSSR count). The predicted octanol–water partition coefficient (Wildman–Crippen LogP) is 2.50. The fourth-order valence-corrected chi connectivity index (χ4v) is 1.87. The molecule has 0 aliphatic carbocycles. The van der Waals surface area contributed by atoms with E-state index in [1.54, 1.807) is 0 Å². The minimum Gasteiger partial charge on any atom is -0.366 e. The highest BCUT2D eigenvalue weighted by Gasteiger charge is 2.16.